The summed E-state index contributed by atoms with van der Waals surface area (Å²) in [7, 11) is 0. The molecule has 0 amide bonds. The SMILES string of the molecule is C=CC(=O)OCOC(C)C(c1ccccc1)c1ccccc1. The van der Waals surface area contributed by atoms with Crippen LogP contribution in [0.3, 0.4) is 0 Å². The summed E-state index contributed by atoms with van der Waals surface area (Å²) in [6.07, 6.45) is 0.988. The van der Waals surface area contributed by atoms with Crippen LogP contribution in [0.1, 0.15) is 24.0 Å². The third-order valence-electron chi connectivity index (χ3n) is 3.49. The molecule has 0 saturated heterocycles. The third kappa shape index (κ3) is 4.30. The molecule has 0 saturated carbocycles. The van der Waals surface area contributed by atoms with E-state index in [4.69, 9.17) is 9.47 Å². The van der Waals surface area contributed by atoms with Crippen LogP contribution in [0.5, 0.6) is 0 Å². The summed E-state index contributed by atoms with van der Waals surface area (Å²) in [6.45, 7) is 5.26. The lowest BCUT2D eigenvalue weighted by Gasteiger charge is -2.25. The summed E-state index contributed by atoms with van der Waals surface area (Å²) in [5.41, 5.74) is 2.33. The quantitative estimate of drug-likeness (QED) is 0.441. The van der Waals surface area contributed by atoms with Gasteiger partial charge in [0, 0.05) is 12.0 Å². The molecular weight excluding hydrogens is 276 g/mol. The van der Waals surface area contributed by atoms with Gasteiger partial charge in [0.1, 0.15) is 0 Å². The molecule has 2 aromatic carbocycles. The molecule has 0 aromatic heterocycles. The van der Waals surface area contributed by atoms with Gasteiger partial charge in [0.15, 0.2) is 6.79 Å². The van der Waals surface area contributed by atoms with Gasteiger partial charge >= 0.3 is 5.97 Å². The Bertz CT molecular complexity index is 553. The van der Waals surface area contributed by atoms with Gasteiger partial charge in [0.25, 0.3) is 0 Å². The maximum atomic E-state index is 11.1. The molecule has 0 radical (unpaired) electrons. The molecule has 0 bridgehead atoms. The normalized spacial score (nSPS) is 11.9. The molecule has 114 valence electrons. The molecule has 0 spiro atoms. The minimum atomic E-state index is -0.483. The Balaban J connectivity index is 2.14. The van der Waals surface area contributed by atoms with E-state index in [0.717, 1.165) is 17.2 Å². The Morgan fingerprint density at radius 2 is 1.55 bits per heavy atom. The molecule has 0 aliphatic rings. The Labute approximate surface area is 131 Å². The largest absolute Gasteiger partial charge is 0.435 e. The summed E-state index contributed by atoms with van der Waals surface area (Å²) in [4.78, 5) is 11.1. The standard InChI is InChI=1S/C19H20O3/c1-3-18(20)22-14-21-15(2)19(16-10-6-4-7-11-16)17-12-8-5-9-13-17/h3-13,15,19H,1,14H2,2H3. The van der Waals surface area contributed by atoms with Gasteiger partial charge in [0.05, 0.1) is 6.10 Å². The Morgan fingerprint density at radius 3 is 2.00 bits per heavy atom. The van der Waals surface area contributed by atoms with Gasteiger partial charge in [-0.1, -0.05) is 67.2 Å². The van der Waals surface area contributed by atoms with E-state index in [1.54, 1.807) is 0 Å². The number of ether oxygens (including phenoxy) is 2. The number of carbonyl (C=O) groups is 1. The number of hydrogen-bond donors (Lipinski definition) is 0. The molecule has 0 aliphatic heterocycles. The van der Waals surface area contributed by atoms with Gasteiger partial charge in [-0.15, -0.1) is 0 Å². The van der Waals surface area contributed by atoms with Crippen LogP contribution in [0.25, 0.3) is 0 Å². The van der Waals surface area contributed by atoms with Gasteiger partial charge < -0.3 is 9.47 Å². The smallest absolute Gasteiger partial charge is 0.332 e. The predicted octanol–water partition coefficient (Wildman–Crippen LogP) is 3.91. The predicted molar refractivity (Wildman–Crippen MR) is 86.4 cm³/mol. The first kappa shape index (κ1) is 16.0. The first-order chi connectivity index (χ1) is 10.7. The van der Waals surface area contributed by atoms with Crippen molar-refractivity contribution in [2.75, 3.05) is 6.79 Å². The van der Waals surface area contributed by atoms with Crippen molar-refractivity contribution in [2.45, 2.75) is 18.9 Å². The van der Waals surface area contributed by atoms with Crippen LogP contribution in [0.2, 0.25) is 0 Å². The minimum absolute atomic E-state index is 0.0739. The van der Waals surface area contributed by atoms with Gasteiger partial charge in [-0.25, -0.2) is 4.79 Å². The average Bonchev–Trinajstić information content (AvgIpc) is 2.57. The van der Waals surface area contributed by atoms with Crippen LogP contribution in [-0.2, 0) is 14.3 Å². The van der Waals surface area contributed by atoms with Crippen molar-refractivity contribution in [3.05, 3.63) is 84.4 Å². The second-order valence-electron chi connectivity index (χ2n) is 4.96. The maximum absolute atomic E-state index is 11.1. The van der Waals surface area contributed by atoms with Crippen molar-refractivity contribution >= 4 is 5.97 Å². The fourth-order valence-corrected chi connectivity index (χ4v) is 2.41. The van der Waals surface area contributed by atoms with E-state index >= 15 is 0 Å². The summed E-state index contributed by atoms with van der Waals surface area (Å²) >= 11 is 0. The topological polar surface area (TPSA) is 35.5 Å². The van der Waals surface area contributed by atoms with Crippen molar-refractivity contribution in [1.29, 1.82) is 0 Å². The zero-order valence-corrected chi connectivity index (χ0v) is 12.6. The zero-order chi connectivity index (χ0) is 15.8. The second-order valence-corrected chi connectivity index (χ2v) is 4.96. The van der Waals surface area contributed by atoms with Crippen molar-refractivity contribution in [3.8, 4) is 0 Å². The molecular formula is C19H20O3. The summed E-state index contributed by atoms with van der Waals surface area (Å²) in [6, 6.07) is 20.3. The number of carbonyl (C=O) groups excluding carboxylic acids is 1. The number of rotatable bonds is 7. The van der Waals surface area contributed by atoms with Crippen molar-refractivity contribution in [2.24, 2.45) is 0 Å². The number of benzene rings is 2. The fourth-order valence-electron chi connectivity index (χ4n) is 2.41. The molecule has 1 atom stereocenters. The first-order valence-electron chi connectivity index (χ1n) is 7.23. The molecule has 1 unspecified atom stereocenters. The lowest BCUT2D eigenvalue weighted by Crippen LogP contribution is -2.22. The molecule has 2 rings (SSSR count). The van der Waals surface area contributed by atoms with Gasteiger partial charge in [-0.2, -0.15) is 0 Å². The van der Waals surface area contributed by atoms with E-state index in [9.17, 15) is 4.79 Å². The van der Waals surface area contributed by atoms with E-state index in [1.165, 1.54) is 0 Å². The molecule has 0 aliphatic carbocycles. The van der Waals surface area contributed by atoms with Crippen LogP contribution in [-0.4, -0.2) is 18.9 Å². The Kier molecular flexibility index (Phi) is 5.92. The highest BCUT2D eigenvalue weighted by Gasteiger charge is 2.22. The summed E-state index contributed by atoms with van der Waals surface area (Å²) < 4.78 is 10.6. The lowest BCUT2D eigenvalue weighted by molar-refractivity contribution is -0.154. The molecule has 22 heavy (non-hydrogen) atoms. The minimum Gasteiger partial charge on any atom is -0.435 e. The van der Waals surface area contributed by atoms with E-state index in [2.05, 4.69) is 30.8 Å². The van der Waals surface area contributed by atoms with Gasteiger partial charge in [0.2, 0.25) is 0 Å². The molecule has 0 heterocycles. The van der Waals surface area contributed by atoms with Crippen LogP contribution in [0, 0.1) is 0 Å². The monoisotopic (exact) mass is 296 g/mol. The van der Waals surface area contributed by atoms with Crippen LogP contribution in [0.15, 0.2) is 73.3 Å². The third-order valence-corrected chi connectivity index (χ3v) is 3.49. The van der Waals surface area contributed by atoms with E-state index < -0.39 is 5.97 Å². The van der Waals surface area contributed by atoms with Crippen molar-refractivity contribution in [3.63, 3.8) is 0 Å². The highest BCUT2D eigenvalue weighted by Crippen LogP contribution is 2.29. The molecule has 3 heteroatoms. The Hall–Kier alpha value is -2.39. The first-order valence-corrected chi connectivity index (χ1v) is 7.23. The molecule has 3 nitrogen and oxygen atoms in total. The highest BCUT2D eigenvalue weighted by molar-refractivity contribution is 5.81. The number of esters is 1. The summed E-state index contributed by atoms with van der Waals surface area (Å²) in [5.74, 6) is -0.409. The molecule has 2 aromatic rings. The number of hydrogen-bond acceptors (Lipinski definition) is 3. The van der Waals surface area contributed by atoms with Crippen molar-refractivity contribution in [1.82, 2.24) is 0 Å². The lowest BCUT2D eigenvalue weighted by atomic mass is 9.87. The highest BCUT2D eigenvalue weighted by atomic mass is 16.7. The fraction of sp³-hybridized carbons (Fsp3) is 0.211. The molecule has 0 N–H and O–H groups in total. The van der Waals surface area contributed by atoms with E-state index in [1.807, 2.05) is 43.3 Å². The summed E-state index contributed by atoms with van der Waals surface area (Å²) in [5, 5.41) is 0. The second kappa shape index (κ2) is 8.15. The van der Waals surface area contributed by atoms with E-state index in [0.29, 0.717) is 0 Å². The van der Waals surface area contributed by atoms with Gasteiger partial charge in [-0.3, -0.25) is 0 Å². The van der Waals surface area contributed by atoms with Crippen molar-refractivity contribution < 1.29 is 14.3 Å². The molecule has 0 fully saturated rings. The zero-order valence-electron chi connectivity index (χ0n) is 12.6. The maximum Gasteiger partial charge on any atom is 0.332 e. The van der Waals surface area contributed by atoms with Crippen LogP contribution >= 0.6 is 0 Å². The van der Waals surface area contributed by atoms with Gasteiger partial charge in [-0.05, 0) is 18.1 Å². The van der Waals surface area contributed by atoms with Crippen LogP contribution < -0.4 is 0 Å². The van der Waals surface area contributed by atoms with E-state index in [-0.39, 0.29) is 18.8 Å². The van der Waals surface area contributed by atoms with Crippen LogP contribution in [0.4, 0.5) is 0 Å². The Morgan fingerprint density at radius 1 is 1.05 bits per heavy atom. The average molecular weight is 296 g/mol.